The lowest BCUT2D eigenvalue weighted by molar-refractivity contribution is -0.164. The van der Waals surface area contributed by atoms with Gasteiger partial charge in [-0.1, -0.05) is 23.2 Å². The summed E-state index contributed by atoms with van der Waals surface area (Å²) >= 11 is 11.4. The number of benzene rings is 1. The number of carbonyl (C=O) groups is 1. The molecular formula is C12H8Cl2F4N2O2. The van der Waals surface area contributed by atoms with E-state index in [9.17, 15) is 27.5 Å². The highest BCUT2D eigenvalue weighted by molar-refractivity contribution is 6.42. The Morgan fingerprint density at radius 1 is 1.27 bits per heavy atom. The van der Waals surface area contributed by atoms with Crippen molar-refractivity contribution in [3.63, 3.8) is 0 Å². The molecular weight excluding hydrogens is 351 g/mol. The van der Waals surface area contributed by atoms with E-state index in [1.165, 1.54) is 6.07 Å². The molecule has 1 aromatic carbocycles. The number of rotatable bonds is 3. The van der Waals surface area contributed by atoms with E-state index in [2.05, 4.69) is 5.10 Å². The molecule has 22 heavy (non-hydrogen) atoms. The second kappa shape index (κ2) is 6.02. The summed E-state index contributed by atoms with van der Waals surface area (Å²) in [6.07, 6.45) is -7.80. The predicted octanol–water partition coefficient (Wildman–Crippen LogP) is 3.41. The van der Waals surface area contributed by atoms with Gasteiger partial charge in [0.15, 0.2) is 0 Å². The first kappa shape index (κ1) is 17.0. The van der Waals surface area contributed by atoms with E-state index in [1.54, 1.807) is 0 Å². The number of carbonyl (C=O) groups excluding carboxylic acids is 1. The molecule has 0 radical (unpaired) electrons. The molecule has 120 valence electrons. The van der Waals surface area contributed by atoms with Crippen molar-refractivity contribution in [3.8, 4) is 0 Å². The first-order valence-electron chi connectivity index (χ1n) is 5.82. The topological polar surface area (TPSA) is 52.9 Å². The Labute approximate surface area is 131 Å². The molecule has 1 atom stereocenters. The predicted molar refractivity (Wildman–Crippen MR) is 71.6 cm³/mol. The average Bonchev–Trinajstić information content (AvgIpc) is 2.81. The van der Waals surface area contributed by atoms with E-state index < -0.39 is 36.6 Å². The Morgan fingerprint density at radius 3 is 2.41 bits per heavy atom. The zero-order chi connectivity index (χ0) is 16.7. The van der Waals surface area contributed by atoms with Gasteiger partial charge < -0.3 is 5.11 Å². The van der Waals surface area contributed by atoms with Crippen LogP contribution in [0.1, 0.15) is 16.8 Å². The fraction of sp³-hybridized carbons (Fsp3) is 0.333. The quantitative estimate of drug-likeness (QED) is 0.841. The van der Waals surface area contributed by atoms with Gasteiger partial charge in [0.1, 0.15) is 5.71 Å². The summed E-state index contributed by atoms with van der Waals surface area (Å²) in [5, 5.41) is 13.0. The van der Waals surface area contributed by atoms with Crippen molar-refractivity contribution in [2.75, 3.05) is 0 Å². The van der Waals surface area contributed by atoms with Crippen LogP contribution >= 0.6 is 23.2 Å². The molecule has 0 fully saturated rings. The van der Waals surface area contributed by atoms with Crippen LogP contribution in [0.3, 0.4) is 0 Å². The molecule has 0 spiro atoms. The minimum Gasteiger partial charge on any atom is -0.364 e. The van der Waals surface area contributed by atoms with E-state index in [-0.39, 0.29) is 20.6 Å². The number of hydrazone groups is 1. The highest BCUT2D eigenvalue weighted by Crippen LogP contribution is 2.34. The number of nitrogens with zero attached hydrogens (tertiary/aromatic N) is 2. The maximum Gasteiger partial charge on any atom is 0.287 e. The van der Waals surface area contributed by atoms with Crippen molar-refractivity contribution >= 4 is 34.8 Å². The van der Waals surface area contributed by atoms with Crippen molar-refractivity contribution in [3.05, 3.63) is 33.8 Å². The molecule has 0 aliphatic carbocycles. The highest BCUT2D eigenvalue weighted by atomic mass is 35.5. The van der Waals surface area contributed by atoms with Gasteiger partial charge in [-0.05, 0) is 18.2 Å². The minimum atomic E-state index is -3.49. The second-order valence-electron chi connectivity index (χ2n) is 4.49. The van der Waals surface area contributed by atoms with Crippen LogP contribution in [0.2, 0.25) is 10.0 Å². The van der Waals surface area contributed by atoms with Crippen LogP contribution < -0.4 is 0 Å². The lowest BCUT2D eigenvalue weighted by atomic mass is 10.1. The molecule has 0 aromatic heterocycles. The monoisotopic (exact) mass is 358 g/mol. The molecule has 0 saturated carbocycles. The summed E-state index contributed by atoms with van der Waals surface area (Å²) in [6, 6.07) is 3.44. The molecule has 1 aromatic rings. The van der Waals surface area contributed by atoms with Crippen molar-refractivity contribution in [2.24, 2.45) is 5.10 Å². The number of halogens is 6. The number of amides is 1. The Kier molecular flexibility index (Phi) is 4.65. The van der Waals surface area contributed by atoms with Gasteiger partial charge in [0, 0.05) is 12.0 Å². The maximum absolute atomic E-state index is 13.0. The largest absolute Gasteiger partial charge is 0.364 e. The third kappa shape index (κ3) is 2.90. The van der Waals surface area contributed by atoms with Crippen LogP contribution in [0.5, 0.6) is 0 Å². The zero-order valence-electron chi connectivity index (χ0n) is 10.6. The molecule has 0 unspecified atom stereocenters. The highest BCUT2D eigenvalue weighted by Gasteiger charge is 2.53. The normalized spacial score (nSPS) is 21.7. The lowest BCUT2D eigenvalue weighted by Crippen LogP contribution is -2.51. The molecule has 0 saturated heterocycles. The second-order valence-corrected chi connectivity index (χ2v) is 5.31. The van der Waals surface area contributed by atoms with Gasteiger partial charge in [-0.25, -0.2) is 17.6 Å². The molecule has 4 nitrogen and oxygen atoms in total. The van der Waals surface area contributed by atoms with Gasteiger partial charge in [-0.3, -0.25) is 4.79 Å². The van der Waals surface area contributed by atoms with Crippen molar-refractivity contribution in [1.82, 2.24) is 5.01 Å². The average molecular weight is 359 g/mol. The van der Waals surface area contributed by atoms with Gasteiger partial charge in [-0.2, -0.15) is 10.1 Å². The first-order valence-corrected chi connectivity index (χ1v) is 6.58. The maximum atomic E-state index is 13.0. The Bertz CT molecular complexity index is 642. The summed E-state index contributed by atoms with van der Waals surface area (Å²) in [6.45, 7) is 0. The van der Waals surface area contributed by atoms with Crippen LogP contribution in [-0.2, 0) is 0 Å². The third-order valence-electron chi connectivity index (χ3n) is 3.00. The van der Waals surface area contributed by atoms with Gasteiger partial charge in [0.2, 0.25) is 5.72 Å². The lowest BCUT2D eigenvalue weighted by Gasteiger charge is -2.30. The van der Waals surface area contributed by atoms with Crippen LogP contribution in [-0.4, -0.2) is 40.3 Å². The molecule has 1 amide bonds. The summed E-state index contributed by atoms with van der Waals surface area (Å²) in [5.74, 6) is -1.20. The van der Waals surface area contributed by atoms with Crippen LogP contribution in [0.15, 0.2) is 23.3 Å². The number of hydrogen-bond acceptors (Lipinski definition) is 3. The molecule has 10 heteroatoms. The van der Waals surface area contributed by atoms with Crippen molar-refractivity contribution in [2.45, 2.75) is 25.0 Å². The van der Waals surface area contributed by atoms with E-state index in [0.717, 1.165) is 12.1 Å². The van der Waals surface area contributed by atoms with Crippen LogP contribution in [0, 0.1) is 0 Å². The smallest absolute Gasteiger partial charge is 0.287 e. The molecule has 1 N–H and O–H groups in total. The number of hydrogen-bond donors (Lipinski definition) is 1. The number of alkyl halides is 4. The molecule has 1 aliphatic rings. The Balaban J connectivity index is 2.42. The summed E-state index contributed by atoms with van der Waals surface area (Å²) < 4.78 is 51.3. The summed E-state index contributed by atoms with van der Waals surface area (Å²) in [7, 11) is 0. The third-order valence-corrected chi connectivity index (χ3v) is 3.74. The Morgan fingerprint density at radius 2 is 1.91 bits per heavy atom. The summed E-state index contributed by atoms with van der Waals surface area (Å²) in [5.41, 5.74) is -4.36. The van der Waals surface area contributed by atoms with Gasteiger partial charge in [0.05, 0.1) is 10.0 Å². The standard InChI is InChI=1S/C12H8Cl2F4N2O2/c13-6-2-1-5(3-7(6)14)10(21)20-12(22,11(17)18)4-8(19-20)9(15)16/h1-3,9,11,22H,4H2/t12-/m1/s1. The van der Waals surface area contributed by atoms with Gasteiger partial charge >= 0.3 is 0 Å². The molecule has 2 rings (SSSR count). The summed E-state index contributed by atoms with van der Waals surface area (Å²) in [4.78, 5) is 12.2. The van der Waals surface area contributed by atoms with Gasteiger partial charge in [0.25, 0.3) is 18.8 Å². The van der Waals surface area contributed by atoms with Crippen LogP contribution in [0.4, 0.5) is 17.6 Å². The zero-order valence-corrected chi connectivity index (χ0v) is 12.1. The fourth-order valence-electron chi connectivity index (χ4n) is 1.85. The fourth-order valence-corrected chi connectivity index (χ4v) is 2.15. The SMILES string of the molecule is O=C(c1ccc(Cl)c(Cl)c1)N1N=C(C(F)F)C[C@@]1(O)C(F)F. The van der Waals surface area contributed by atoms with Crippen molar-refractivity contribution < 1.29 is 27.5 Å². The minimum absolute atomic E-state index is 0.0367. The molecule has 1 heterocycles. The van der Waals surface area contributed by atoms with E-state index in [1.807, 2.05) is 0 Å². The van der Waals surface area contributed by atoms with Crippen molar-refractivity contribution in [1.29, 1.82) is 0 Å². The van der Waals surface area contributed by atoms with E-state index >= 15 is 0 Å². The number of aliphatic hydroxyl groups is 1. The van der Waals surface area contributed by atoms with Gasteiger partial charge in [-0.15, -0.1) is 0 Å². The molecule has 1 aliphatic heterocycles. The Hall–Kier alpha value is -1.38. The van der Waals surface area contributed by atoms with Crippen LogP contribution in [0.25, 0.3) is 0 Å². The first-order chi connectivity index (χ1) is 10.2. The van der Waals surface area contributed by atoms with E-state index in [4.69, 9.17) is 23.2 Å². The molecule has 0 bridgehead atoms. The van der Waals surface area contributed by atoms with E-state index in [0.29, 0.717) is 0 Å².